The molecule has 0 aliphatic carbocycles. The molecule has 0 unspecified atom stereocenters. The highest BCUT2D eigenvalue weighted by Crippen LogP contribution is 2.34. The lowest BCUT2D eigenvalue weighted by atomic mass is 9.88. The van der Waals surface area contributed by atoms with Crippen molar-refractivity contribution in [1.82, 2.24) is 25.2 Å². The number of aryl methyl sites for hydroxylation is 1. The Kier molecular flexibility index (Phi) is 3.46. The molecule has 1 aliphatic heterocycles. The van der Waals surface area contributed by atoms with Gasteiger partial charge in [-0.1, -0.05) is 35.0 Å². The minimum atomic E-state index is -0.356. The first-order valence-electron chi connectivity index (χ1n) is 7.90. The maximum absolute atomic E-state index is 5.67. The van der Waals surface area contributed by atoms with Gasteiger partial charge in [0.1, 0.15) is 5.54 Å². The highest BCUT2D eigenvalue weighted by atomic mass is 16.5. The summed E-state index contributed by atoms with van der Waals surface area (Å²) in [6.07, 6.45) is 5.52. The van der Waals surface area contributed by atoms with E-state index in [1.165, 1.54) is 5.56 Å². The zero-order chi connectivity index (χ0) is 15.7. The number of nitrogens with one attached hydrogen (secondary N) is 1. The highest BCUT2D eigenvalue weighted by molar-refractivity contribution is 5.54. The van der Waals surface area contributed by atoms with Crippen molar-refractivity contribution < 1.29 is 4.52 Å². The molecule has 0 bridgehead atoms. The van der Waals surface area contributed by atoms with E-state index >= 15 is 0 Å². The van der Waals surface area contributed by atoms with Gasteiger partial charge in [-0.25, -0.2) is 0 Å². The van der Waals surface area contributed by atoms with E-state index in [1.54, 1.807) is 6.20 Å². The van der Waals surface area contributed by atoms with Crippen LogP contribution in [0.25, 0.3) is 11.4 Å². The third kappa shape index (κ3) is 2.45. The molecule has 0 radical (unpaired) electrons. The maximum atomic E-state index is 5.67. The van der Waals surface area contributed by atoms with Gasteiger partial charge in [-0.15, -0.1) is 0 Å². The van der Waals surface area contributed by atoms with Crippen LogP contribution >= 0.6 is 0 Å². The molecule has 1 N–H and O–H groups in total. The molecular formula is C17H19N5O. The van der Waals surface area contributed by atoms with E-state index in [0.717, 1.165) is 31.5 Å². The molecule has 1 aromatic carbocycles. The topological polar surface area (TPSA) is 68.8 Å². The van der Waals surface area contributed by atoms with Crippen LogP contribution in [0.3, 0.4) is 0 Å². The molecule has 6 heteroatoms. The van der Waals surface area contributed by atoms with Crippen LogP contribution in [-0.4, -0.2) is 33.0 Å². The molecule has 118 valence electrons. The van der Waals surface area contributed by atoms with Gasteiger partial charge in [-0.3, -0.25) is 4.68 Å². The van der Waals surface area contributed by atoms with Gasteiger partial charge in [-0.05, 0) is 38.9 Å². The summed E-state index contributed by atoms with van der Waals surface area (Å²) in [5.41, 5.74) is 1.82. The van der Waals surface area contributed by atoms with Crippen LogP contribution in [0.2, 0.25) is 0 Å². The Labute approximate surface area is 134 Å². The van der Waals surface area contributed by atoms with Crippen LogP contribution < -0.4 is 5.32 Å². The number of piperidine rings is 1. The normalized spacial score (nSPS) is 17.3. The number of aromatic nitrogens is 4. The molecule has 23 heavy (non-hydrogen) atoms. The largest absolute Gasteiger partial charge is 0.336 e. The summed E-state index contributed by atoms with van der Waals surface area (Å²) in [5.74, 6) is 1.27. The monoisotopic (exact) mass is 309 g/mol. The van der Waals surface area contributed by atoms with Crippen LogP contribution in [-0.2, 0) is 5.54 Å². The number of rotatable bonds is 3. The molecule has 0 atom stereocenters. The number of benzene rings is 1. The van der Waals surface area contributed by atoms with E-state index < -0.39 is 0 Å². The van der Waals surface area contributed by atoms with Crippen molar-refractivity contribution >= 4 is 0 Å². The molecular weight excluding hydrogens is 290 g/mol. The Bertz CT molecular complexity index is 770. The highest BCUT2D eigenvalue weighted by Gasteiger charge is 2.41. The molecule has 1 saturated heterocycles. The summed E-state index contributed by atoms with van der Waals surface area (Å²) >= 11 is 0. The van der Waals surface area contributed by atoms with Crippen LogP contribution in [0.15, 0.2) is 47.2 Å². The molecule has 0 amide bonds. The Balaban J connectivity index is 1.74. The van der Waals surface area contributed by atoms with Gasteiger partial charge in [0, 0.05) is 18.0 Å². The van der Waals surface area contributed by atoms with E-state index in [0.29, 0.717) is 11.7 Å². The molecule has 1 aliphatic rings. The molecule has 0 spiro atoms. The quantitative estimate of drug-likeness (QED) is 0.804. The second-order valence-electron chi connectivity index (χ2n) is 6.02. The van der Waals surface area contributed by atoms with Crippen molar-refractivity contribution in [3.63, 3.8) is 0 Å². The van der Waals surface area contributed by atoms with Crippen molar-refractivity contribution in [3.8, 4) is 11.4 Å². The van der Waals surface area contributed by atoms with Gasteiger partial charge in [0.2, 0.25) is 5.82 Å². The summed E-state index contributed by atoms with van der Waals surface area (Å²) in [7, 11) is 0. The van der Waals surface area contributed by atoms with Gasteiger partial charge in [-0.2, -0.15) is 10.1 Å². The van der Waals surface area contributed by atoms with Crippen LogP contribution in [0.1, 0.15) is 24.3 Å². The van der Waals surface area contributed by atoms with Crippen LogP contribution in [0.5, 0.6) is 0 Å². The van der Waals surface area contributed by atoms with E-state index in [4.69, 9.17) is 9.51 Å². The second kappa shape index (κ2) is 5.62. The maximum Gasteiger partial charge on any atom is 0.255 e. The second-order valence-corrected chi connectivity index (χ2v) is 6.02. The minimum absolute atomic E-state index is 0.356. The molecule has 2 aromatic heterocycles. The molecule has 4 rings (SSSR count). The summed E-state index contributed by atoms with van der Waals surface area (Å²) in [6.45, 7) is 3.87. The summed E-state index contributed by atoms with van der Waals surface area (Å²) in [4.78, 5) is 4.70. The fourth-order valence-electron chi connectivity index (χ4n) is 3.14. The zero-order valence-corrected chi connectivity index (χ0v) is 13.1. The van der Waals surface area contributed by atoms with Crippen molar-refractivity contribution in [1.29, 1.82) is 0 Å². The lowest BCUT2D eigenvalue weighted by Gasteiger charge is -2.34. The zero-order valence-electron chi connectivity index (χ0n) is 13.1. The first-order valence-corrected chi connectivity index (χ1v) is 7.90. The predicted octanol–water partition coefficient (Wildman–Crippen LogP) is 2.37. The fraction of sp³-hybridized carbons (Fsp3) is 0.353. The first kappa shape index (κ1) is 14.1. The van der Waals surface area contributed by atoms with Crippen molar-refractivity contribution in [2.75, 3.05) is 13.1 Å². The number of nitrogens with zero attached hydrogens (tertiary/aromatic N) is 4. The van der Waals surface area contributed by atoms with Gasteiger partial charge in [0.05, 0.1) is 0 Å². The smallest absolute Gasteiger partial charge is 0.255 e. The van der Waals surface area contributed by atoms with E-state index in [9.17, 15) is 0 Å². The fourth-order valence-corrected chi connectivity index (χ4v) is 3.14. The Morgan fingerprint density at radius 2 is 1.96 bits per heavy atom. The average Bonchev–Trinajstić information content (AvgIpc) is 3.29. The van der Waals surface area contributed by atoms with Crippen LogP contribution in [0.4, 0.5) is 0 Å². The SMILES string of the molecule is Cc1ccc(-c2noc(C3(n4cccn4)CCNCC3)n2)cc1. The molecule has 3 heterocycles. The number of hydrogen-bond donors (Lipinski definition) is 1. The summed E-state index contributed by atoms with van der Waals surface area (Å²) in [6, 6.07) is 10.1. The van der Waals surface area contributed by atoms with Gasteiger partial charge in [0.15, 0.2) is 0 Å². The first-order chi connectivity index (χ1) is 11.3. The lowest BCUT2D eigenvalue weighted by molar-refractivity contribution is 0.172. The van der Waals surface area contributed by atoms with Crippen molar-refractivity contribution in [2.24, 2.45) is 0 Å². The Morgan fingerprint density at radius 3 is 2.65 bits per heavy atom. The van der Waals surface area contributed by atoms with Crippen molar-refractivity contribution in [2.45, 2.75) is 25.3 Å². The summed E-state index contributed by atoms with van der Waals surface area (Å²) in [5, 5.41) is 12.0. The summed E-state index contributed by atoms with van der Waals surface area (Å²) < 4.78 is 7.62. The minimum Gasteiger partial charge on any atom is -0.336 e. The van der Waals surface area contributed by atoms with Crippen LogP contribution in [0, 0.1) is 6.92 Å². The van der Waals surface area contributed by atoms with E-state index in [2.05, 4.69) is 34.6 Å². The molecule has 3 aromatic rings. The molecule has 0 saturated carbocycles. The van der Waals surface area contributed by atoms with E-state index in [1.807, 2.05) is 29.1 Å². The molecule has 6 nitrogen and oxygen atoms in total. The van der Waals surface area contributed by atoms with E-state index in [-0.39, 0.29) is 5.54 Å². The van der Waals surface area contributed by atoms with Gasteiger partial charge in [0.25, 0.3) is 5.89 Å². The average molecular weight is 309 g/mol. The molecule has 1 fully saturated rings. The number of hydrogen-bond acceptors (Lipinski definition) is 5. The third-order valence-electron chi connectivity index (χ3n) is 4.51. The predicted molar refractivity (Wildman–Crippen MR) is 85.9 cm³/mol. The third-order valence-corrected chi connectivity index (χ3v) is 4.51. The van der Waals surface area contributed by atoms with Gasteiger partial charge < -0.3 is 9.84 Å². The Morgan fingerprint density at radius 1 is 1.17 bits per heavy atom. The Hall–Kier alpha value is -2.47. The van der Waals surface area contributed by atoms with Crippen molar-refractivity contribution in [3.05, 3.63) is 54.2 Å². The lowest BCUT2D eigenvalue weighted by Crippen LogP contribution is -2.45. The standard InChI is InChI=1S/C17H19N5O/c1-13-3-5-14(6-4-13)15-20-16(23-21-15)17(7-10-18-11-8-17)22-12-2-9-19-22/h2-6,9,12,18H,7-8,10-11H2,1H3. The van der Waals surface area contributed by atoms with Gasteiger partial charge >= 0.3 is 0 Å².